The third kappa shape index (κ3) is 18.8. The third-order valence-electron chi connectivity index (χ3n) is 6.22. The monoisotopic (exact) mass is 797 g/mol. The molecule has 0 aliphatic heterocycles. The van der Waals surface area contributed by atoms with Crippen LogP contribution < -0.4 is 34.9 Å². The number of amides is 1. The summed E-state index contributed by atoms with van der Waals surface area (Å²) in [5, 5.41) is 10.4. The molecule has 0 aromatic heterocycles. The molecular formula is C34H41Cl2N5O7S3. The van der Waals surface area contributed by atoms with Gasteiger partial charge in [0.05, 0.1) is 22.6 Å². The van der Waals surface area contributed by atoms with Crippen molar-refractivity contribution in [2.75, 3.05) is 72.4 Å². The minimum atomic E-state index is -3.31. The van der Waals surface area contributed by atoms with Gasteiger partial charge in [0.15, 0.2) is 6.61 Å². The van der Waals surface area contributed by atoms with Crippen LogP contribution in [0.1, 0.15) is 0 Å². The van der Waals surface area contributed by atoms with Crippen LogP contribution in [0.5, 0.6) is 11.5 Å². The Bertz CT molecular complexity index is 1870. The lowest BCUT2D eigenvalue weighted by atomic mass is 10.3. The maximum Gasteiger partial charge on any atom is 0.258 e. The molecule has 0 unspecified atom stereocenters. The van der Waals surface area contributed by atoms with Gasteiger partial charge in [0.2, 0.25) is 20.0 Å². The van der Waals surface area contributed by atoms with Crippen molar-refractivity contribution < 1.29 is 31.1 Å². The molecule has 0 atom stereocenters. The minimum absolute atomic E-state index is 0.107. The fraction of sp³-hybridized carbons (Fsp3) is 0.265. The van der Waals surface area contributed by atoms with Gasteiger partial charge >= 0.3 is 0 Å². The first-order valence-electron chi connectivity index (χ1n) is 15.5. The van der Waals surface area contributed by atoms with Gasteiger partial charge in [-0.15, -0.1) is 11.8 Å². The van der Waals surface area contributed by atoms with Crippen LogP contribution in [0.3, 0.4) is 0 Å². The largest absolute Gasteiger partial charge is 0.492 e. The Morgan fingerprint density at radius 3 is 1.82 bits per heavy atom. The minimum Gasteiger partial charge on any atom is -0.492 e. The van der Waals surface area contributed by atoms with Crippen molar-refractivity contribution in [3.05, 3.63) is 107 Å². The van der Waals surface area contributed by atoms with Crippen LogP contribution in [0.2, 0.25) is 10.0 Å². The molecule has 4 aromatic carbocycles. The molecule has 0 fully saturated rings. The predicted molar refractivity (Wildman–Crippen MR) is 209 cm³/mol. The molecule has 17 heteroatoms. The Morgan fingerprint density at radius 1 is 0.667 bits per heavy atom. The predicted octanol–water partition coefficient (Wildman–Crippen LogP) is 5.79. The molecule has 4 aromatic rings. The van der Waals surface area contributed by atoms with E-state index in [0.717, 1.165) is 35.4 Å². The van der Waals surface area contributed by atoms with E-state index in [0.29, 0.717) is 59.2 Å². The van der Waals surface area contributed by atoms with Gasteiger partial charge in [0, 0.05) is 53.9 Å². The number of ether oxygens (including phenoxy) is 2. The van der Waals surface area contributed by atoms with Gasteiger partial charge in [0.1, 0.15) is 18.1 Å². The van der Waals surface area contributed by atoms with E-state index in [2.05, 4.69) is 25.4 Å². The molecular weight excluding hydrogens is 758 g/mol. The number of nitrogens with one attached hydrogen (secondary N) is 5. The van der Waals surface area contributed by atoms with E-state index in [-0.39, 0.29) is 12.5 Å². The van der Waals surface area contributed by atoms with Gasteiger partial charge < -0.3 is 25.4 Å². The van der Waals surface area contributed by atoms with Gasteiger partial charge in [-0.2, -0.15) is 0 Å². The zero-order chi connectivity index (χ0) is 37.1. The van der Waals surface area contributed by atoms with Crippen LogP contribution in [0.4, 0.5) is 17.1 Å². The van der Waals surface area contributed by atoms with Crippen LogP contribution in [0.25, 0.3) is 0 Å². The van der Waals surface area contributed by atoms with Gasteiger partial charge in [-0.3, -0.25) is 14.2 Å². The smallest absolute Gasteiger partial charge is 0.258 e. The molecule has 0 spiro atoms. The second-order valence-electron chi connectivity index (χ2n) is 10.8. The molecule has 1 amide bonds. The van der Waals surface area contributed by atoms with Crippen LogP contribution >= 0.6 is 35.0 Å². The van der Waals surface area contributed by atoms with Gasteiger partial charge in [-0.25, -0.2) is 16.8 Å². The first-order valence-corrected chi connectivity index (χ1v) is 21.0. The molecule has 0 bridgehead atoms. The van der Waals surface area contributed by atoms with Crippen molar-refractivity contribution in [3.8, 4) is 11.5 Å². The molecule has 0 radical (unpaired) electrons. The summed E-state index contributed by atoms with van der Waals surface area (Å²) in [5.41, 5.74) is 1.94. The van der Waals surface area contributed by atoms with Crippen molar-refractivity contribution in [2.45, 2.75) is 4.90 Å². The van der Waals surface area contributed by atoms with Crippen molar-refractivity contribution >= 4 is 78.0 Å². The Morgan fingerprint density at radius 2 is 1.25 bits per heavy atom. The molecule has 0 aliphatic carbocycles. The highest BCUT2D eigenvalue weighted by molar-refractivity contribution is 7.99. The highest BCUT2D eigenvalue weighted by atomic mass is 35.5. The van der Waals surface area contributed by atoms with E-state index in [1.165, 1.54) is 0 Å². The molecule has 0 saturated carbocycles. The molecule has 0 heterocycles. The lowest BCUT2D eigenvalue weighted by Gasteiger charge is -2.10. The average Bonchev–Trinajstić information content (AvgIpc) is 3.08. The fourth-order valence-electron chi connectivity index (χ4n) is 4.00. The molecule has 51 heavy (non-hydrogen) atoms. The summed E-state index contributed by atoms with van der Waals surface area (Å²) in [5.74, 6) is 1.85. The Hall–Kier alpha value is -3.86. The molecule has 276 valence electrons. The number of sulfonamides is 2. The van der Waals surface area contributed by atoms with Crippen molar-refractivity contribution in [3.63, 3.8) is 0 Å². The molecule has 5 N–H and O–H groups in total. The second kappa shape index (κ2) is 21.5. The van der Waals surface area contributed by atoms with Gasteiger partial charge in [-0.1, -0.05) is 41.4 Å². The summed E-state index contributed by atoms with van der Waals surface area (Å²) in [6, 6.07) is 28.4. The Kier molecular flexibility index (Phi) is 17.5. The molecule has 4 rings (SSSR count). The highest BCUT2D eigenvalue weighted by Crippen LogP contribution is 2.27. The summed E-state index contributed by atoms with van der Waals surface area (Å²) in [4.78, 5) is 12.8. The summed E-state index contributed by atoms with van der Waals surface area (Å²) >= 11 is 13.6. The number of benzene rings is 4. The molecule has 0 saturated heterocycles. The third-order valence-corrected chi connectivity index (χ3v) is 9.17. The number of thioether (sulfide) groups is 1. The maximum absolute atomic E-state index is 11.7. The van der Waals surface area contributed by atoms with E-state index in [1.54, 1.807) is 66.4 Å². The van der Waals surface area contributed by atoms with Crippen LogP contribution in [-0.2, 0) is 24.8 Å². The topological polar surface area (TPSA) is 164 Å². The van der Waals surface area contributed by atoms with Gasteiger partial charge in [0.25, 0.3) is 5.91 Å². The lowest BCUT2D eigenvalue weighted by molar-refractivity contribution is -0.123. The second-order valence-corrected chi connectivity index (χ2v) is 16.2. The Balaban J connectivity index is 0.000000276. The Labute approximate surface area is 314 Å². The number of anilines is 3. The quantitative estimate of drug-likeness (QED) is 0.0580. The number of rotatable bonds is 19. The van der Waals surface area contributed by atoms with E-state index in [1.807, 2.05) is 42.5 Å². The van der Waals surface area contributed by atoms with Crippen molar-refractivity contribution in [1.82, 2.24) is 10.6 Å². The van der Waals surface area contributed by atoms with E-state index >= 15 is 0 Å². The van der Waals surface area contributed by atoms with Gasteiger partial charge in [-0.05, 0) is 78.9 Å². The number of hydrogen-bond acceptors (Lipinski definition) is 10. The maximum atomic E-state index is 11.7. The number of carbonyl (C=O) groups excluding carboxylic acids is 1. The zero-order valence-corrected chi connectivity index (χ0v) is 32.0. The molecule has 12 nitrogen and oxygen atoms in total. The first kappa shape index (κ1) is 41.6. The number of halogens is 2. The van der Waals surface area contributed by atoms with Crippen LogP contribution in [-0.4, -0.2) is 80.4 Å². The molecule has 0 aliphatic rings. The number of carbonyl (C=O) groups is 1. The van der Waals surface area contributed by atoms with E-state index in [4.69, 9.17) is 32.7 Å². The lowest BCUT2D eigenvalue weighted by Crippen LogP contribution is -2.32. The summed E-state index contributed by atoms with van der Waals surface area (Å²) in [6.45, 7) is 3.06. The van der Waals surface area contributed by atoms with Crippen LogP contribution in [0, 0.1) is 0 Å². The van der Waals surface area contributed by atoms with E-state index < -0.39 is 20.0 Å². The number of para-hydroxylation sites is 1. The van der Waals surface area contributed by atoms with Crippen molar-refractivity contribution in [1.29, 1.82) is 0 Å². The first-order chi connectivity index (χ1) is 24.3. The summed E-state index contributed by atoms with van der Waals surface area (Å²) in [6.07, 6.45) is 2.19. The van der Waals surface area contributed by atoms with Crippen LogP contribution in [0.15, 0.2) is 102 Å². The number of hydrogen-bond donors (Lipinski definition) is 5. The average molecular weight is 799 g/mol. The van der Waals surface area contributed by atoms with E-state index in [9.17, 15) is 21.6 Å². The highest BCUT2D eigenvalue weighted by Gasteiger charge is 2.05. The summed E-state index contributed by atoms with van der Waals surface area (Å²) < 4.78 is 60.2. The van der Waals surface area contributed by atoms with Crippen molar-refractivity contribution in [2.24, 2.45) is 0 Å². The fourth-order valence-corrected chi connectivity index (χ4v) is 6.34. The SMILES string of the molecule is CS(=O)(=O)Nc1ccc(OCC(=O)NCCNc2ccccc2)cc1.CS(=O)(=O)Nc1ccc(OCCNCCSc2ccc(Cl)c(Cl)c2)cc1. The standard InChI is InChI=1S/C17H20Cl2N2O3S2.C17H21N3O4S/c1-26(22,23)21-13-2-4-14(5-3-13)24-10-8-20-9-11-25-15-6-7-16(18)17(19)12-15;1-25(22,23)20-15-7-9-16(10-8-15)24-13-17(21)19-12-11-18-14-5-3-2-4-6-14/h2-7,12,20-21H,8-11H2,1H3;2-10,18,20H,11-13H2,1H3,(H,19,21). The zero-order valence-electron chi connectivity index (χ0n) is 28.0. The normalized spacial score (nSPS) is 11.1. The summed E-state index contributed by atoms with van der Waals surface area (Å²) in [7, 11) is -6.57.